The first-order valence-electron chi connectivity index (χ1n) is 7.12. The Morgan fingerprint density at radius 3 is 2.55 bits per heavy atom. The zero-order chi connectivity index (χ0) is 15.0. The summed E-state index contributed by atoms with van der Waals surface area (Å²) in [7, 11) is 3.48. The Hall–Kier alpha value is -0.940. The van der Waals surface area contributed by atoms with E-state index in [1.807, 2.05) is 0 Å². The Kier molecular flexibility index (Phi) is 7.77. The number of benzene rings is 1. The van der Waals surface area contributed by atoms with E-state index in [1.54, 1.807) is 14.2 Å². The molecule has 0 saturated carbocycles. The largest absolute Gasteiger partial charge is 0.383 e. The summed E-state index contributed by atoms with van der Waals surface area (Å²) in [4.78, 5) is 2.39. The smallest absolute Gasteiger partial charge is 0.0615 e. The number of methoxy groups -OCH3 is 2. The molecule has 0 radical (unpaired) electrons. The van der Waals surface area contributed by atoms with Crippen molar-refractivity contribution >= 4 is 0 Å². The van der Waals surface area contributed by atoms with Crippen LogP contribution in [0.1, 0.15) is 23.6 Å². The van der Waals surface area contributed by atoms with Crippen LogP contribution in [0.15, 0.2) is 18.2 Å². The van der Waals surface area contributed by atoms with Gasteiger partial charge in [0.2, 0.25) is 0 Å². The van der Waals surface area contributed by atoms with Crippen molar-refractivity contribution in [3.05, 3.63) is 34.9 Å². The van der Waals surface area contributed by atoms with Crippen LogP contribution in [-0.4, -0.2) is 44.9 Å². The van der Waals surface area contributed by atoms with E-state index in [2.05, 4.69) is 36.9 Å². The van der Waals surface area contributed by atoms with Crippen LogP contribution >= 0.6 is 0 Å². The summed E-state index contributed by atoms with van der Waals surface area (Å²) < 4.78 is 10.5. The number of ether oxygens (including phenoxy) is 2. The quantitative estimate of drug-likeness (QED) is 0.751. The molecular weight excluding hydrogens is 252 g/mol. The van der Waals surface area contributed by atoms with Gasteiger partial charge in [-0.15, -0.1) is 0 Å². The highest BCUT2D eigenvalue weighted by Gasteiger charge is 2.15. The van der Waals surface area contributed by atoms with Gasteiger partial charge in [0.1, 0.15) is 0 Å². The van der Waals surface area contributed by atoms with Crippen LogP contribution in [0, 0.1) is 6.92 Å². The molecule has 1 unspecified atom stereocenters. The lowest BCUT2D eigenvalue weighted by molar-refractivity contribution is 0.0704. The van der Waals surface area contributed by atoms with Crippen molar-refractivity contribution in [1.29, 1.82) is 0 Å². The summed E-state index contributed by atoms with van der Waals surface area (Å²) in [6, 6.07) is 6.82. The molecule has 0 aliphatic rings. The van der Waals surface area contributed by atoms with E-state index in [-0.39, 0.29) is 0 Å². The summed E-state index contributed by atoms with van der Waals surface area (Å²) in [5.74, 6) is 0. The first-order valence-corrected chi connectivity index (χ1v) is 7.12. The van der Waals surface area contributed by atoms with Crippen molar-refractivity contribution in [2.24, 2.45) is 5.73 Å². The average molecular weight is 280 g/mol. The lowest BCUT2D eigenvalue weighted by Crippen LogP contribution is -2.38. The fourth-order valence-corrected chi connectivity index (χ4v) is 2.29. The Labute approximate surface area is 122 Å². The number of nitrogens with zero attached hydrogens (tertiary/aromatic N) is 1. The van der Waals surface area contributed by atoms with Gasteiger partial charge in [-0.2, -0.15) is 0 Å². The van der Waals surface area contributed by atoms with Crippen molar-refractivity contribution in [3.63, 3.8) is 0 Å². The molecule has 0 aliphatic carbocycles. The molecule has 0 aliphatic heterocycles. The fourth-order valence-electron chi connectivity index (χ4n) is 2.29. The second-order valence-corrected chi connectivity index (χ2v) is 5.23. The normalized spacial score (nSPS) is 12.9. The van der Waals surface area contributed by atoms with Crippen LogP contribution in [0.5, 0.6) is 0 Å². The lowest BCUT2D eigenvalue weighted by Gasteiger charge is -2.29. The van der Waals surface area contributed by atoms with E-state index in [1.165, 1.54) is 16.7 Å². The monoisotopic (exact) mass is 280 g/mol. The van der Waals surface area contributed by atoms with Crippen LogP contribution in [0.2, 0.25) is 0 Å². The molecule has 2 N–H and O–H groups in total. The Morgan fingerprint density at radius 2 is 2.00 bits per heavy atom. The number of hydrogen-bond acceptors (Lipinski definition) is 4. The third-order valence-corrected chi connectivity index (χ3v) is 3.63. The maximum absolute atomic E-state index is 5.68. The second kappa shape index (κ2) is 9.08. The standard InChI is InChI=1S/C16H28N2O2/c1-13-9-15(10-17)5-6-16(13)11-18(7-8-19-3)14(2)12-20-4/h5-6,9,14H,7-8,10-12,17H2,1-4H3. The minimum absolute atomic E-state index is 0.365. The molecule has 0 spiro atoms. The van der Waals surface area contributed by atoms with E-state index in [4.69, 9.17) is 15.2 Å². The number of aryl methyl sites for hydroxylation is 1. The molecule has 0 heterocycles. The molecule has 0 amide bonds. The number of rotatable bonds is 9. The Balaban J connectivity index is 2.77. The molecule has 1 aromatic carbocycles. The summed E-state index contributed by atoms with van der Waals surface area (Å²) >= 11 is 0. The molecule has 0 saturated heterocycles. The highest BCUT2D eigenvalue weighted by Crippen LogP contribution is 2.15. The molecule has 20 heavy (non-hydrogen) atoms. The van der Waals surface area contributed by atoms with Crippen molar-refractivity contribution in [3.8, 4) is 0 Å². The molecule has 1 aromatic rings. The van der Waals surface area contributed by atoms with Crippen LogP contribution in [0.3, 0.4) is 0 Å². The van der Waals surface area contributed by atoms with E-state index < -0.39 is 0 Å². The van der Waals surface area contributed by atoms with Gasteiger partial charge in [0.05, 0.1) is 13.2 Å². The van der Waals surface area contributed by atoms with Crippen molar-refractivity contribution < 1.29 is 9.47 Å². The SMILES string of the molecule is COCCN(Cc1ccc(CN)cc1C)C(C)COC. The summed E-state index contributed by atoms with van der Waals surface area (Å²) in [6.07, 6.45) is 0. The molecule has 4 heteroatoms. The van der Waals surface area contributed by atoms with Gasteiger partial charge in [-0.1, -0.05) is 18.2 Å². The first kappa shape index (κ1) is 17.1. The van der Waals surface area contributed by atoms with E-state index in [0.717, 1.165) is 26.3 Å². The van der Waals surface area contributed by atoms with Gasteiger partial charge in [-0.05, 0) is 30.5 Å². The number of hydrogen-bond donors (Lipinski definition) is 1. The molecule has 0 fully saturated rings. The lowest BCUT2D eigenvalue weighted by atomic mass is 10.0. The average Bonchev–Trinajstić information content (AvgIpc) is 2.45. The van der Waals surface area contributed by atoms with Crippen LogP contribution < -0.4 is 5.73 Å². The van der Waals surface area contributed by atoms with Gasteiger partial charge >= 0.3 is 0 Å². The van der Waals surface area contributed by atoms with E-state index >= 15 is 0 Å². The van der Waals surface area contributed by atoms with Gasteiger partial charge < -0.3 is 15.2 Å². The Morgan fingerprint density at radius 1 is 1.25 bits per heavy atom. The van der Waals surface area contributed by atoms with E-state index in [0.29, 0.717) is 12.6 Å². The van der Waals surface area contributed by atoms with E-state index in [9.17, 15) is 0 Å². The van der Waals surface area contributed by atoms with Gasteiger partial charge in [0, 0.05) is 39.9 Å². The van der Waals surface area contributed by atoms with Crippen molar-refractivity contribution in [2.45, 2.75) is 33.0 Å². The van der Waals surface area contributed by atoms with Crippen LogP contribution in [0.25, 0.3) is 0 Å². The fraction of sp³-hybridized carbons (Fsp3) is 0.625. The summed E-state index contributed by atoms with van der Waals surface area (Å²) in [5.41, 5.74) is 9.49. The second-order valence-electron chi connectivity index (χ2n) is 5.23. The zero-order valence-electron chi connectivity index (χ0n) is 13.2. The topological polar surface area (TPSA) is 47.7 Å². The minimum Gasteiger partial charge on any atom is -0.383 e. The van der Waals surface area contributed by atoms with Gasteiger partial charge in [0.15, 0.2) is 0 Å². The summed E-state index contributed by atoms with van der Waals surface area (Å²) in [6.45, 7) is 8.18. The molecule has 1 atom stereocenters. The first-order chi connectivity index (χ1) is 9.62. The number of nitrogens with two attached hydrogens (primary N) is 1. The molecule has 0 bridgehead atoms. The predicted molar refractivity (Wildman–Crippen MR) is 82.7 cm³/mol. The molecule has 114 valence electrons. The van der Waals surface area contributed by atoms with Crippen molar-refractivity contribution in [1.82, 2.24) is 4.90 Å². The molecule has 1 rings (SSSR count). The van der Waals surface area contributed by atoms with Gasteiger partial charge in [-0.25, -0.2) is 0 Å². The minimum atomic E-state index is 0.365. The molecular formula is C16H28N2O2. The van der Waals surface area contributed by atoms with Crippen LogP contribution in [0.4, 0.5) is 0 Å². The highest BCUT2D eigenvalue weighted by atomic mass is 16.5. The zero-order valence-corrected chi connectivity index (χ0v) is 13.2. The predicted octanol–water partition coefficient (Wildman–Crippen LogP) is 1.94. The maximum Gasteiger partial charge on any atom is 0.0615 e. The van der Waals surface area contributed by atoms with Crippen molar-refractivity contribution in [2.75, 3.05) is 34.0 Å². The van der Waals surface area contributed by atoms with Gasteiger partial charge in [-0.3, -0.25) is 4.90 Å². The highest BCUT2D eigenvalue weighted by molar-refractivity contribution is 5.31. The Bertz CT molecular complexity index is 396. The summed E-state index contributed by atoms with van der Waals surface area (Å²) in [5, 5.41) is 0. The third kappa shape index (κ3) is 5.21. The van der Waals surface area contributed by atoms with Crippen LogP contribution in [-0.2, 0) is 22.6 Å². The maximum atomic E-state index is 5.68. The van der Waals surface area contributed by atoms with Gasteiger partial charge in [0.25, 0.3) is 0 Å². The molecule has 0 aromatic heterocycles. The third-order valence-electron chi connectivity index (χ3n) is 3.63. The molecule has 4 nitrogen and oxygen atoms in total.